The van der Waals surface area contributed by atoms with E-state index >= 15 is 0 Å². The molecule has 0 aliphatic carbocycles. The van der Waals surface area contributed by atoms with Gasteiger partial charge < -0.3 is 24.6 Å². The van der Waals surface area contributed by atoms with Crippen LogP contribution in [-0.2, 0) is 10.3 Å². The normalized spacial score (nSPS) is 18.5. The lowest BCUT2D eigenvalue weighted by atomic mass is 9.77. The molecule has 146 valence electrons. The maximum absolute atomic E-state index is 12.8. The Bertz CT molecular complexity index is 1210. The van der Waals surface area contributed by atoms with E-state index in [4.69, 9.17) is 21.1 Å². The molecule has 0 amide bonds. The molecule has 2 aliphatic rings. The van der Waals surface area contributed by atoms with Crippen LogP contribution in [-0.4, -0.2) is 30.3 Å². The lowest BCUT2D eigenvalue weighted by molar-refractivity contribution is 0.0225. The number of rotatable bonds is 1. The number of ether oxygens (including phenoxy) is 2. The second-order valence-corrected chi connectivity index (χ2v) is 7.63. The van der Waals surface area contributed by atoms with Crippen LogP contribution in [0.2, 0.25) is 5.02 Å². The van der Waals surface area contributed by atoms with Gasteiger partial charge in [-0.2, -0.15) is 0 Å². The number of phenols is 2. The van der Waals surface area contributed by atoms with Crippen LogP contribution in [0.1, 0.15) is 27.0 Å². The van der Waals surface area contributed by atoms with Gasteiger partial charge in [0.05, 0.1) is 21.7 Å². The molecule has 0 aromatic heterocycles. The Hall–Kier alpha value is -3.38. The first-order valence-electron chi connectivity index (χ1n) is 8.92. The molecule has 6 nitrogen and oxygen atoms in total. The summed E-state index contributed by atoms with van der Waals surface area (Å²) >= 11 is 6.54. The Labute approximate surface area is 171 Å². The van der Waals surface area contributed by atoms with Crippen molar-refractivity contribution < 1.29 is 24.5 Å². The van der Waals surface area contributed by atoms with E-state index in [2.05, 4.69) is 0 Å². The number of hydrogen-bond acceptors (Lipinski definition) is 6. The number of anilines is 1. The van der Waals surface area contributed by atoms with E-state index in [0.29, 0.717) is 33.7 Å². The van der Waals surface area contributed by atoms with Crippen LogP contribution >= 0.6 is 11.6 Å². The fourth-order valence-electron chi connectivity index (χ4n) is 4.21. The number of fused-ring (bicyclic) bond motifs is 6. The van der Waals surface area contributed by atoms with Crippen molar-refractivity contribution in [2.24, 2.45) is 0 Å². The highest BCUT2D eigenvalue weighted by Crippen LogP contribution is 2.61. The summed E-state index contributed by atoms with van der Waals surface area (Å²) in [7, 11) is 3.54. The molecular formula is C22H16ClNO5. The van der Waals surface area contributed by atoms with E-state index in [1.165, 1.54) is 18.2 Å². The summed E-state index contributed by atoms with van der Waals surface area (Å²) in [4.78, 5) is 14.5. The van der Waals surface area contributed by atoms with Crippen molar-refractivity contribution in [1.29, 1.82) is 0 Å². The van der Waals surface area contributed by atoms with Gasteiger partial charge in [0.2, 0.25) is 0 Å². The summed E-state index contributed by atoms with van der Waals surface area (Å²) in [5.74, 6) is 0.0186. The highest BCUT2D eigenvalue weighted by Gasteiger charge is 2.55. The second kappa shape index (κ2) is 5.81. The molecule has 5 rings (SSSR count). The van der Waals surface area contributed by atoms with E-state index in [9.17, 15) is 15.0 Å². The first-order valence-corrected chi connectivity index (χ1v) is 9.30. The minimum Gasteiger partial charge on any atom is -0.508 e. The van der Waals surface area contributed by atoms with E-state index in [0.717, 1.165) is 0 Å². The summed E-state index contributed by atoms with van der Waals surface area (Å²) < 4.78 is 12.1. The van der Waals surface area contributed by atoms with Gasteiger partial charge in [-0.05, 0) is 24.3 Å². The first-order chi connectivity index (χ1) is 13.8. The van der Waals surface area contributed by atoms with Crippen molar-refractivity contribution in [3.8, 4) is 23.0 Å². The molecule has 0 radical (unpaired) electrons. The van der Waals surface area contributed by atoms with Crippen molar-refractivity contribution in [3.05, 3.63) is 75.8 Å². The average molecular weight is 410 g/mol. The number of carbonyl (C=O) groups is 1. The number of carbonyl (C=O) groups excluding carboxylic acids is 1. The standard InChI is InChI=1S/C22H16ClNO5/c1-24(2)19-16(26)8-7-14-20(19)28-17-10-11(25)9-15(23)18(17)22(14)13-6-4-3-5-12(13)21(27)29-22/h3-10,25-26H,1-2H3. The Balaban J connectivity index is 1.96. The van der Waals surface area contributed by atoms with Gasteiger partial charge in [0, 0.05) is 25.7 Å². The number of hydrogen-bond donors (Lipinski definition) is 2. The van der Waals surface area contributed by atoms with Crippen LogP contribution in [0, 0.1) is 0 Å². The number of phenolic OH excluding ortho intramolecular Hbond substituents is 2. The Morgan fingerprint density at radius 3 is 2.55 bits per heavy atom. The number of benzene rings is 3. The number of halogens is 1. The molecule has 3 aromatic rings. The van der Waals surface area contributed by atoms with Crippen LogP contribution in [0.5, 0.6) is 23.0 Å². The molecule has 29 heavy (non-hydrogen) atoms. The lowest BCUT2D eigenvalue weighted by Crippen LogP contribution is -2.34. The lowest BCUT2D eigenvalue weighted by Gasteiger charge is -2.38. The molecule has 1 atom stereocenters. The van der Waals surface area contributed by atoms with Crippen LogP contribution in [0.3, 0.4) is 0 Å². The van der Waals surface area contributed by atoms with Crippen molar-refractivity contribution in [2.75, 3.05) is 19.0 Å². The van der Waals surface area contributed by atoms with Gasteiger partial charge in [-0.25, -0.2) is 4.79 Å². The summed E-state index contributed by atoms with van der Waals surface area (Å²) in [6, 6.07) is 13.1. The quantitative estimate of drug-likeness (QED) is 0.580. The van der Waals surface area contributed by atoms with Gasteiger partial charge in [0.15, 0.2) is 11.4 Å². The van der Waals surface area contributed by atoms with Gasteiger partial charge in [-0.3, -0.25) is 0 Å². The predicted molar refractivity (Wildman–Crippen MR) is 107 cm³/mol. The summed E-state index contributed by atoms with van der Waals surface area (Å²) in [5.41, 5.74) is 1.08. The van der Waals surface area contributed by atoms with Crippen molar-refractivity contribution in [1.82, 2.24) is 0 Å². The zero-order chi connectivity index (χ0) is 20.5. The summed E-state index contributed by atoms with van der Waals surface area (Å²) in [6.07, 6.45) is 0. The third kappa shape index (κ3) is 2.20. The molecule has 0 bridgehead atoms. The molecule has 2 N–H and O–H groups in total. The Kier molecular flexibility index (Phi) is 3.55. The fourth-order valence-corrected chi connectivity index (χ4v) is 4.55. The smallest absolute Gasteiger partial charge is 0.340 e. The maximum Gasteiger partial charge on any atom is 0.340 e. The van der Waals surface area contributed by atoms with Crippen molar-refractivity contribution in [2.45, 2.75) is 5.60 Å². The first kappa shape index (κ1) is 17.7. The van der Waals surface area contributed by atoms with E-state index in [-0.39, 0.29) is 22.3 Å². The van der Waals surface area contributed by atoms with Crippen molar-refractivity contribution in [3.63, 3.8) is 0 Å². The minimum absolute atomic E-state index is 0.0104. The topological polar surface area (TPSA) is 79.2 Å². The van der Waals surface area contributed by atoms with Gasteiger partial charge in [-0.15, -0.1) is 0 Å². The molecule has 1 spiro atoms. The monoisotopic (exact) mass is 409 g/mol. The van der Waals surface area contributed by atoms with Crippen LogP contribution in [0.4, 0.5) is 5.69 Å². The highest BCUT2D eigenvalue weighted by molar-refractivity contribution is 6.32. The zero-order valence-electron chi connectivity index (χ0n) is 15.6. The third-order valence-corrected chi connectivity index (χ3v) is 5.61. The van der Waals surface area contributed by atoms with Gasteiger partial charge in [0.25, 0.3) is 0 Å². The molecule has 3 aromatic carbocycles. The van der Waals surface area contributed by atoms with Gasteiger partial charge >= 0.3 is 5.97 Å². The van der Waals surface area contributed by atoms with Gasteiger partial charge in [-0.1, -0.05) is 29.8 Å². The highest BCUT2D eigenvalue weighted by atomic mass is 35.5. The van der Waals surface area contributed by atoms with E-state index < -0.39 is 11.6 Å². The Morgan fingerprint density at radius 1 is 1.03 bits per heavy atom. The summed E-state index contributed by atoms with van der Waals surface area (Å²) in [5, 5.41) is 20.8. The minimum atomic E-state index is -1.36. The molecule has 0 saturated heterocycles. The van der Waals surface area contributed by atoms with E-state index in [1.54, 1.807) is 37.2 Å². The maximum atomic E-state index is 12.8. The number of aromatic hydroxyl groups is 2. The molecular weight excluding hydrogens is 394 g/mol. The molecule has 2 aliphatic heterocycles. The van der Waals surface area contributed by atoms with Gasteiger partial charge in [0.1, 0.15) is 22.9 Å². The van der Waals surface area contributed by atoms with Crippen molar-refractivity contribution >= 4 is 23.3 Å². The van der Waals surface area contributed by atoms with Crippen LogP contribution in [0.15, 0.2) is 48.5 Å². The van der Waals surface area contributed by atoms with Crippen LogP contribution < -0.4 is 9.64 Å². The zero-order valence-corrected chi connectivity index (χ0v) is 16.3. The molecule has 7 heteroatoms. The number of nitrogens with zero attached hydrogens (tertiary/aromatic N) is 1. The number of esters is 1. The molecule has 0 fully saturated rings. The van der Waals surface area contributed by atoms with E-state index in [1.807, 2.05) is 12.1 Å². The van der Waals surface area contributed by atoms with Crippen LogP contribution in [0.25, 0.3) is 0 Å². The second-order valence-electron chi connectivity index (χ2n) is 7.22. The summed E-state index contributed by atoms with van der Waals surface area (Å²) in [6.45, 7) is 0. The SMILES string of the molecule is CN(C)c1c(O)ccc2c1Oc1cc(O)cc(Cl)c1C21OC(=O)c2ccccc21. The Morgan fingerprint density at radius 2 is 1.79 bits per heavy atom. The molecule has 0 saturated carbocycles. The average Bonchev–Trinajstić information content (AvgIpc) is 2.94. The molecule has 2 heterocycles. The predicted octanol–water partition coefficient (Wildman–Crippen LogP) is 4.39. The fraction of sp³-hybridized carbons (Fsp3) is 0.136. The largest absolute Gasteiger partial charge is 0.508 e. The molecule has 1 unspecified atom stereocenters. The third-order valence-electron chi connectivity index (χ3n) is 5.31.